The highest BCUT2D eigenvalue weighted by atomic mass is 35.5. The highest BCUT2D eigenvalue weighted by Crippen LogP contribution is 2.49. The maximum Gasteiger partial charge on any atom is 0.240 e. The van der Waals surface area contributed by atoms with Crippen LogP contribution in [0.15, 0.2) is 90.4 Å². The summed E-state index contributed by atoms with van der Waals surface area (Å²) in [6, 6.07) is 24.4. The van der Waals surface area contributed by atoms with E-state index in [1.807, 2.05) is 78.2 Å². The minimum atomic E-state index is -0.314. The molecule has 2 amide bonds. The first-order valence-corrected chi connectivity index (χ1v) is 15.4. The van der Waals surface area contributed by atoms with Crippen molar-refractivity contribution in [3.8, 4) is 16.3 Å². The number of aromatic nitrogens is 3. The Morgan fingerprint density at radius 2 is 1.88 bits per heavy atom. The molecule has 0 saturated heterocycles. The number of carbonyl (C=O) groups excluding carboxylic acids is 2. The molecule has 1 N–H and O–H groups in total. The molecule has 6 rings (SSSR count). The zero-order valence-electron chi connectivity index (χ0n) is 21.5. The molecule has 206 valence electrons. The minimum absolute atomic E-state index is 0.159. The Morgan fingerprint density at radius 1 is 1.02 bits per heavy atom. The second-order valence-electron chi connectivity index (χ2n) is 9.25. The maximum atomic E-state index is 13.8. The Balaban J connectivity index is 1.51. The van der Waals surface area contributed by atoms with E-state index in [-0.39, 0.29) is 35.9 Å². The molecule has 41 heavy (non-hydrogen) atoms. The lowest BCUT2D eigenvalue weighted by molar-refractivity contribution is -0.123. The molecular formula is C30H23Cl2N5O2S2. The van der Waals surface area contributed by atoms with Crippen molar-refractivity contribution in [3.63, 3.8) is 0 Å². The number of para-hydroxylation sites is 1. The molecule has 0 fully saturated rings. The first-order valence-electron chi connectivity index (χ1n) is 12.8. The number of hydrogen-bond acceptors (Lipinski definition) is 6. The Hall–Kier alpha value is -3.63. The van der Waals surface area contributed by atoms with Gasteiger partial charge in [0.15, 0.2) is 0 Å². The van der Waals surface area contributed by atoms with Crippen LogP contribution in [0.3, 0.4) is 0 Å². The molecule has 0 aliphatic carbocycles. The quantitative estimate of drug-likeness (QED) is 0.217. The number of anilines is 1. The van der Waals surface area contributed by atoms with E-state index in [0.29, 0.717) is 21.6 Å². The largest absolute Gasteiger partial charge is 0.349 e. The van der Waals surface area contributed by atoms with Gasteiger partial charge in [0.2, 0.25) is 11.8 Å². The number of hydrogen-bond donors (Lipinski definition) is 1. The summed E-state index contributed by atoms with van der Waals surface area (Å²) >= 11 is 16.2. The van der Waals surface area contributed by atoms with Crippen LogP contribution < -0.4 is 10.2 Å². The first kappa shape index (κ1) is 27.5. The molecule has 3 aromatic heterocycles. The predicted molar refractivity (Wildman–Crippen MR) is 166 cm³/mol. The second kappa shape index (κ2) is 12.1. The van der Waals surface area contributed by atoms with E-state index >= 15 is 0 Å². The molecule has 0 saturated carbocycles. The number of thioether (sulfide) groups is 1. The first-order chi connectivity index (χ1) is 20.0. The Bertz CT molecular complexity index is 1710. The van der Waals surface area contributed by atoms with Crippen LogP contribution in [-0.4, -0.2) is 38.9 Å². The molecule has 1 atom stereocenters. The molecule has 4 heterocycles. The number of rotatable bonds is 7. The number of benzene rings is 2. The van der Waals surface area contributed by atoms with Gasteiger partial charge >= 0.3 is 0 Å². The zero-order chi connectivity index (χ0) is 28.3. The smallest absolute Gasteiger partial charge is 0.240 e. The summed E-state index contributed by atoms with van der Waals surface area (Å²) in [6.07, 6.45) is 1.67. The van der Waals surface area contributed by atoms with Crippen molar-refractivity contribution < 1.29 is 9.59 Å². The number of fused-ring (bicyclic) bond motifs is 1. The summed E-state index contributed by atoms with van der Waals surface area (Å²) < 4.78 is 1.69. The van der Waals surface area contributed by atoms with E-state index in [4.69, 9.17) is 28.3 Å². The fraction of sp³-hybridized carbons (Fsp3) is 0.133. The van der Waals surface area contributed by atoms with Crippen LogP contribution >= 0.6 is 46.3 Å². The van der Waals surface area contributed by atoms with Gasteiger partial charge in [0.25, 0.3) is 0 Å². The summed E-state index contributed by atoms with van der Waals surface area (Å²) in [5.74, 6) is 0.145. The summed E-state index contributed by atoms with van der Waals surface area (Å²) in [5.41, 5.74) is 3.82. The normalized spacial score (nSPS) is 14.9. The van der Waals surface area contributed by atoms with Gasteiger partial charge in [0.05, 0.1) is 38.8 Å². The van der Waals surface area contributed by atoms with Crippen LogP contribution in [0.25, 0.3) is 16.3 Å². The van der Waals surface area contributed by atoms with Gasteiger partial charge in [-0.05, 0) is 53.4 Å². The van der Waals surface area contributed by atoms with Crippen LogP contribution in [0.1, 0.15) is 22.1 Å². The van der Waals surface area contributed by atoms with Gasteiger partial charge in [0, 0.05) is 16.8 Å². The molecule has 2 aromatic carbocycles. The monoisotopic (exact) mass is 619 g/mol. The molecule has 1 aliphatic rings. The van der Waals surface area contributed by atoms with E-state index in [1.54, 1.807) is 28.3 Å². The molecule has 0 radical (unpaired) electrons. The van der Waals surface area contributed by atoms with Gasteiger partial charge < -0.3 is 5.32 Å². The molecule has 7 nitrogen and oxygen atoms in total. The third-order valence-corrected chi connectivity index (χ3v) is 9.26. The summed E-state index contributed by atoms with van der Waals surface area (Å²) in [6.45, 7) is 0.0557. The SMILES string of the molecule is O=C(CN1C(=O)CSC(c2cccc(Cl)c2)c2c(-c3cccs3)nn(-c3ccccc3Cl)c21)NCc1ccccn1. The van der Waals surface area contributed by atoms with Crippen LogP contribution in [0.5, 0.6) is 0 Å². The highest BCUT2D eigenvalue weighted by Gasteiger charge is 2.38. The lowest BCUT2D eigenvalue weighted by Crippen LogP contribution is -2.42. The Morgan fingerprint density at radius 3 is 2.63 bits per heavy atom. The number of carbonyl (C=O) groups is 2. The average Bonchev–Trinajstić information content (AvgIpc) is 3.62. The lowest BCUT2D eigenvalue weighted by Gasteiger charge is -2.23. The third-order valence-electron chi connectivity index (χ3n) is 6.57. The predicted octanol–water partition coefficient (Wildman–Crippen LogP) is 6.79. The second-order valence-corrected chi connectivity index (χ2v) is 12.1. The van der Waals surface area contributed by atoms with E-state index < -0.39 is 0 Å². The van der Waals surface area contributed by atoms with Crippen molar-refractivity contribution >= 4 is 63.9 Å². The maximum absolute atomic E-state index is 13.8. The van der Waals surface area contributed by atoms with Crippen LogP contribution in [-0.2, 0) is 16.1 Å². The van der Waals surface area contributed by atoms with Gasteiger partial charge in [-0.15, -0.1) is 23.1 Å². The number of pyridine rings is 1. The topological polar surface area (TPSA) is 80.1 Å². The number of halogens is 2. The fourth-order valence-corrected chi connectivity index (χ4v) is 7.06. The summed E-state index contributed by atoms with van der Waals surface area (Å²) in [4.78, 5) is 33.8. The molecule has 0 bridgehead atoms. The summed E-state index contributed by atoms with van der Waals surface area (Å²) in [5, 5.41) is 10.7. The molecule has 0 spiro atoms. The van der Waals surface area contributed by atoms with Crippen molar-refractivity contribution in [2.24, 2.45) is 0 Å². The van der Waals surface area contributed by atoms with Crippen molar-refractivity contribution in [2.75, 3.05) is 17.2 Å². The Labute approximate surface area is 255 Å². The van der Waals surface area contributed by atoms with Crippen molar-refractivity contribution in [1.29, 1.82) is 0 Å². The van der Waals surface area contributed by atoms with E-state index in [0.717, 1.165) is 27.4 Å². The minimum Gasteiger partial charge on any atom is -0.349 e. The zero-order valence-corrected chi connectivity index (χ0v) is 24.7. The number of nitrogens with one attached hydrogen (secondary N) is 1. The van der Waals surface area contributed by atoms with E-state index in [9.17, 15) is 9.59 Å². The standard InChI is InChI=1S/C30H23Cl2N5O2S2/c31-20-8-5-7-19(15-20)29-27-28(24-12-6-14-40-24)35-37(23-11-2-1-10-22(23)32)30(27)36(26(39)18-41-29)17-25(38)34-16-21-9-3-4-13-33-21/h1-15,29H,16-18H2,(H,34,38). The number of thiophene rings is 1. The van der Waals surface area contributed by atoms with Crippen LogP contribution in [0.2, 0.25) is 10.0 Å². The van der Waals surface area contributed by atoms with Gasteiger partial charge in [-0.1, -0.05) is 59.6 Å². The molecule has 1 unspecified atom stereocenters. The van der Waals surface area contributed by atoms with Crippen molar-refractivity contribution in [3.05, 3.63) is 117 Å². The van der Waals surface area contributed by atoms with Crippen molar-refractivity contribution in [1.82, 2.24) is 20.1 Å². The third kappa shape index (κ3) is 5.76. The van der Waals surface area contributed by atoms with Gasteiger partial charge in [-0.3, -0.25) is 19.5 Å². The number of nitrogens with zero attached hydrogens (tertiary/aromatic N) is 4. The Kier molecular flexibility index (Phi) is 8.11. The summed E-state index contributed by atoms with van der Waals surface area (Å²) in [7, 11) is 0. The molecular weight excluding hydrogens is 597 g/mol. The van der Waals surface area contributed by atoms with Gasteiger partial charge in [-0.2, -0.15) is 5.10 Å². The fourth-order valence-electron chi connectivity index (χ4n) is 4.73. The van der Waals surface area contributed by atoms with E-state index in [1.165, 1.54) is 16.7 Å². The molecule has 5 aromatic rings. The van der Waals surface area contributed by atoms with E-state index in [2.05, 4.69) is 10.3 Å². The lowest BCUT2D eigenvalue weighted by atomic mass is 10.0. The van der Waals surface area contributed by atoms with Crippen LogP contribution in [0.4, 0.5) is 5.82 Å². The number of amides is 2. The van der Waals surface area contributed by atoms with Gasteiger partial charge in [-0.25, -0.2) is 4.68 Å². The highest BCUT2D eigenvalue weighted by molar-refractivity contribution is 8.00. The molecule has 11 heteroatoms. The van der Waals surface area contributed by atoms with Crippen LogP contribution in [0, 0.1) is 0 Å². The molecule has 1 aliphatic heterocycles. The van der Waals surface area contributed by atoms with Crippen molar-refractivity contribution in [2.45, 2.75) is 11.8 Å². The average molecular weight is 621 g/mol. The van der Waals surface area contributed by atoms with Gasteiger partial charge in [0.1, 0.15) is 18.1 Å².